The molecule has 1 aromatic carbocycles. The minimum absolute atomic E-state index is 0.446. The largest absolute Gasteiger partial charge is 0.496 e. The van der Waals surface area contributed by atoms with E-state index in [0.29, 0.717) is 4.83 Å². The minimum atomic E-state index is 0.446. The second kappa shape index (κ2) is 8.15. The zero-order chi connectivity index (χ0) is 12.7. The molecule has 0 spiro atoms. The molecule has 0 aliphatic heterocycles. The van der Waals surface area contributed by atoms with Crippen LogP contribution in [0.5, 0.6) is 5.75 Å². The van der Waals surface area contributed by atoms with Crippen LogP contribution in [0.4, 0.5) is 0 Å². The summed E-state index contributed by atoms with van der Waals surface area (Å²) in [4.78, 5) is 0.446. The first-order valence-corrected chi connectivity index (χ1v) is 7.87. The standard InChI is InChI=1S/C14H20Br2O/c1-3-4-5-6-7-12(15)11-8-9-14(17-2)13(16)10-11/h8-10,12H,3-7H2,1-2H3. The first kappa shape index (κ1) is 15.0. The van der Waals surface area contributed by atoms with Gasteiger partial charge in [-0.15, -0.1) is 0 Å². The van der Waals surface area contributed by atoms with E-state index in [2.05, 4.69) is 50.9 Å². The molecule has 0 aliphatic rings. The molecular formula is C14H20Br2O. The van der Waals surface area contributed by atoms with E-state index in [1.807, 2.05) is 6.07 Å². The number of methoxy groups -OCH3 is 1. The summed E-state index contributed by atoms with van der Waals surface area (Å²) in [5.74, 6) is 0.888. The summed E-state index contributed by atoms with van der Waals surface area (Å²) in [5, 5.41) is 0. The molecule has 0 bridgehead atoms. The van der Waals surface area contributed by atoms with Gasteiger partial charge in [0.05, 0.1) is 11.6 Å². The van der Waals surface area contributed by atoms with Crippen LogP contribution >= 0.6 is 31.9 Å². The van der Waals surface area contributed by atoms with Crippen molar-refractivity contribution in [2.24, 2.45) is 0 Å². The van der Waals surface area contributed by atoms with Crippen LogP contribution in [0.15, 0.2) is 22.7 Å². The molecule has 1 rings (SSSR count). The van der Waals surface area contributed by atoms with E-state index < -0.39 is 0 Å². The summed E-state index contributed by atoms with van der Waals surface area (Å²) in [6, 6.07) is 6.28. The van der Waals surface area contributed by atoms with Crippen molar-refractivity contribution in [3.8, 4) is 5.75 Å². The summed E-state index contributed by atoms with van der Waals surface area (Å²) in [5.41, 5.74) is 1.31. The third kappa shape index (κ3) is 5.01. The van der Waals surface area contributed by atoms with Crippen molar-refractivity contribution in [3.63, 3.8) is 0 Å². The van der Waals surface area contributed by atoms with Crippen LogP contribution in [-0.2, 0) is 0 Å². The Hall–Kier alpha value is -0.0200. The molecule has 0 fully saturated rings. The molecule has 17 heavy (non-hydrogen) atoms. The van der Waals surface area contributed by atoms with Crippen LogP contribution in [-0.4, -0.2) is 7.11 Å². The number of rotatable bonds is 7. The number of hydrogen-bond acceptors (Lipinski definition) is 1. The molecule has 1 unspecified atom stereocenters. The number of halogens is 2. The maximum absolute atomic E-state index is 5.23. The molecule has 0 saturated heterocycles. The average molecular weight is 364 g/mol. The van der Waals surface area contributed by atoms with E-state index >= 15 is 0 Å². The lowest BCUT2D eigenvalue weighted by atomic mass is 10.1. The summed E-state index contributed by atoms with van der Waals surface area (Å²) in [6.07, 6.45) is 6.44. The fourth-order valence-corrected chi connectivity index (χ4v) is 2.96. The lowest BCUT2D eigenvalue weighted by Crippen LogP contribution is -1.92. The van der Waals surface area contributed by atoms with E-state index in [0.717, 1.165) is 10.2 Å². The normalized spacial score (nSPS) is 12.5. The quantitative estimate of drug-likeness (QED) is 0.435. The highest BCUT2D eigenvalue weighted by Crippen LogP contribution is 2.34. The Balaban J connectivity index is 2.51. The molecule has 0 saturated carbocycles. The fraction of sp³-hybridized carbons (Fsp3) is 0.571. The molecule has 0 amide bonds. The number of hydrogen-bond donors (Lipinski definition) is 0. The van der Waals surface area contributed by atoms with Gasteiger partial charge >= 0.3 is 0 Å². The number of alkyl halides is 1. The summed E-state index contributed by atoms with van der Waals surface area (Å²) in [7, 11) is 1.69. The van der Waals surface area contributed by atoms with Crippen LogP contribution in [0.2, 0.25) is 0 Å². The second-order valence-electron chi connectivity index (χ2n) is 4.21. The number of benzene rings is 1. The lowest BCUT2D eigenvalue weighted by Gasteiger charge is -2.12. The third-order valence-corrected chi connectivity index (χ3v) is 4.45. The second-order valence-corrected chi connectivity index (χ2v) is 6.17. The average Bonchev–Trinajstić information content (AvgIpc) is 2.34. The number of ether oxygens (including phenoxy) is 1. The molecule has 3 heteroatoms. The van der Waals surface area contributed by atoms with Crippen molar-refractivity contribution >= 4 is 31.9 Å². The van der Waals surface area contributed by atoms with E-state index in [4.69, 9.17) is 4.74 Å². The fourth-order valence-electron chi connectivity index (χ4n) is 1.79. The smallest absolute Gasteiger partial charge is 0.133 e. The maximum Gasteiger partial charge on any atom is 0.133 e. The molecule has 0 aromatic heterocycles. The Morgan fingerprint density at radius 3 is 2.59 bits per heavy atom. The van der Waals surface area contributed by atoms with Crippen molar-refractivity contribution < 1.29 is 4.74 Å². The molecule has 0 heterocycles. The first-order valence-electron chi connectivity index (χ1n) is 6.16. The zero-order valence-electron chi connectivity index (χ0n) is 10.5. The summed E-state index contributed by atoms with van der Waals surface area (Å²) in [6.45, 7) is 2.24. The maximum atomic E-state index is 5.23. The van der Waals surface area contributed by atoms with Gasteiger partial charge in [0.15, 0.2) is 0 Å². The highest BCUT2D eigenvalue weighted by molar-refractivity contribution is 9.10. The Kier molecular flexibility index (Phi) is 7.21. The highest BCUT2D eigenvalue weighted by Gasteiger charge is 2.09. The van der Waals surface area contributed by atoms with Gasteiger partial charge in [0, 0.05) is 4.83 Å². The van der Waals surface area contributed by atoms with Crippen molar-refractivity contribution in [2.75, 3.05) is 7.11 Å². The third-order valence-electron chi connectivity index (χ3n) is 2.85. The Bertz CT molecular complexity index is 339. The molecule has 1 aromatic rings. The van der Waals surface area contributed by atoms with Gasteiger partial charge in [-0.25, -0.2) is 0 Å². The van der Waals surface area contributed by atoms with E-state index in [-0.39, 0.29) is 0 Å². The van der Waals surface area contributed by atoms with Crippen LogP contribution in [0, 0.1) is 0 Å². The Morgan fingerprint density at radius 1 is 1.24 bits per heavy atom. The van der Waals surface area contributed by atoms with Gasteiger partial charge in [0.1, 0.15) is 5.75 Å². The molecule has 0 aliphatic carbocycles. The molecule has 1 atom stereocenters. The van der Waals surface area contributed by atoms with Gasteiger partial charge < -0.3 is 4.74 Å². The van der Waals surface area contributed by atoms with Gasteiger partial charge in [-0.05, 0) is 40.0 Å². The highest BCUT2D eigenvalue weighted by atomic mass is 79.9. The van der Waals surface area contributed by atoms with Crippen molar-refractivity contribution in [1.29, 1.82) is 0 Å². The van der Waals surface area contributed by atoms with Crippen LogP contribution < -0.4 is 4.74 Å². The van der Waals surface area contributed by atoms with Crippen LogP contribution in [0.1, 0.15) is 49.4 Å². The molecule has 0 N–H and O–H groups in total. The SMILES string of the molecule is CCCCCCC(Br)c1ccc(OC)c(Br)c1. The zero-order valence-corrected chi connectivity index (χ0v) is 13.7. The molecule has 0 radical (unpaired) electrons. The summed E-state index contributed by atoms with van der Waals surface area (Å²) < 4.78 is 6.25. The molecule has 96 valence electrons. The van der Waals surface area contributed by atoms with Gasteiger partial charge in [-0.2, -0.15) is 0 Å². The lowest BCUT2D eigenvalue weighted by molar-refractivity contribution is 0.412. The van der Waals surface area contributed by atoms with Gasteiger partial charge in [0.25, 0.3) is 0 Å². The van der Waals surface area contributed by atoms with Gasteiger partial charge in [0.2, 0.25) is 0 Å². The van der Waals surface area contributed by atoms with Crippen LogP contribution in [0.25, 0.3) is 0 Å². The van der Waals surface area contributed by atoms with Gasteiger partial charge in [-0.1, -0.05) is 54.6 Å². The van der Waals surface area contributed by atoms with Crippen molar-refractivity contribution in [2.45, 2.75) is 43.9 Å². The van der Waals surface area contributed by atoms with E-state index in [9.17, 15) is 0 Å². The predicted octanol–water partition coefficient (Wildman–Crippen LogP) is 5.86. The van der Waals surface area contributed by atoms with Crippen LogP contribution in [0.3, 0.4) is 0 Å². The van der Waals surface area contributed by atoms with E-state index in [1.165, 1.54) is 37.7 Å². The van der Waals surface area contributed by atoms with Crippen molar-refractivity contribution in [3.05, 3.63) is 28.2 Å². The monoisotopic (exact) mass is 362 g/mol. The van der Waals surface area contributed by atoms with Gasteiger partial charge in [-0.3, -0.25) is 0 Å². The van der Waals surface area contributed by atoms with Crippen molar-refractivity contribution in [1.82, 2.24) is 0 Å². The molecule has 1 nitrogen and oxygen atoms in total. The first-order chi connectivity index (χ1) is 8.19. The Morgan fingerprint density at radius 2 is 2.00 bits per heavy atom. The number of unbranched alkanes of at least 4 members (excludes halogenated alkanes) is 3. The predicted molar refractivity (Wildman–Crippen MR) is 81.1 cm³/mol. The Labute approximate surface area is 121 Å². The topological polar surface area (TPSA) is 9.23 Å². The van der Waals surface area contributed by atoms with E-state index in [1.54, 1.807) is 7.11 Å². The molecular weight excluding hydrogens is 344 g/mol. The minimum Gasteiger partial charge on any atom is -0.496 e. The summed E-state index contributed by atoms with van der Waals surface area (Å²) >= 11 is 7.28.